The Balaban J connectivity index is 2.82. The summed E-state index contributed by atoms with van der Waals surface area (Å²) in [6.07, 6.45) is 0. The first-order valence-electron chi connectivity index (χ1n) is 3.81. The highest BCUT2D eigenvalue weighted by atomic mass is 79.9. The van der Waals surface area contributed by atoms with E-state index in [1.54, 1.807) is 7.05 Å². The average molecular weight is 262 g/mol. The summed E-state index contributed by atoms with van der Waals surface area (Å²) in [6.45, 7) is 0. The van der Waals surface area contributed by atoms with Gasteiger partial charge in [0.05, 0.1) is 5.75 Å². The second-order valence-corrected chi connectivity index (χ2v) is 6.02. The van der Waals surface area contributed by atoms with E-state index in [2.05, 4.69) is 26.5 Å². The fraction of sp³-hybridized carbons (Fsp3) is 0.222. The van der Waals surface area contributed by atoms with Crippen LogP contribution in [0.25, 0.3) is 0 Å². The maximum atomic E-state index is 11.6. The van der Waals surface area contributed by atoms with Gasteiger partial charge in [0, 0.05) is 14.2 Å². The highest BCUT2D eigenvalue weighted by Crippen LogP contribution is 2.12. The molecule has 0 aliphatic heterocycles. The van der Waals surface area contributed by atoms with Gasteiger partial charge in [0.1, 0.15) is 0 Å². The topological polar surface area (TPSA) is 29.1 Å². The second kappa shape index (κ2) is 4.26. The summed E-state index contributed by atoms with van der Waals surface area (Å²) in [5.74, 6) is 4.08. The van der Waals surface area contributed by atoms with Crippen LogP contribution in [0.2, 0.25) is 0 Å². The average Bonchev–Trinajstić information content (AvgIpc) is 2.09. The van der Waals surface area contributed by atoms with Crippen LogP contribution in [0.5, 0.6) is 0 Å². The van der Waals surface area contributed by atoms with Crippen molar-refractivity contribution in [2.45, 2.75) is 5.75 Å². The van der Waals surface area contributed by atoms with Crippen molar-refractivity contribution in [2.24, 2.45) is 0 Å². The minimum Gasteiger partial charge on any atom is -0.253 e. The molecule has 2 nitrogen and oxygen atoms in total. The molecule has 0 aliphatic rings. The normalized spacial score (nSPS) is 15.2. The standard InChI is InChI=1S/C9H12BrNOS/c1-11-13(2,12)7-8-3-5-9(10)6-4-8/h3-6H,2,7H2,1H3,(H,11,12). The minimum atomic E-state index is -2.15. The first-order valence-corrected chi connectivity index (χ1v) is 6.50. The smallest absolute Gasteiger partial charge is 0.0539 e. The Morgan fingerprint density at radius 2 is 2.00 bits per heavy atom. The van der Waals surface area contributed by atoms with E-state index in [4.69, 9.17) is 0 Å². The largest absolute Gasteiger partial charge is 0.253 e. The van der Waals surface area contributed by atoms with Gasteiger partial charge in [0.25, 0.3) is 0 Å². The van der Waals surface area contributed by atoms with E-state index in [-0.39, 0.29) is 0 Å². The van der Waals surface area contributed by atoms with E-state index in [0.29, 0.717) is 5.75 Å². The Morgan fingerprint density at radius 3 is 2.46 bits per heavy atom. The van der Waals surface area contributed by atoms with Gasteiger partial charge in [-0.1, -0.05) is 28.1 Å². The van der Waals surface area contributed by atoms with Gasteiger partial charge >= 0.3 is 0 Å². The van der Waals surface area contributed by atoms with Crippen molar-refractivity contribution < 1.29 is 4.21 Å². The molecule has 0 heterocycles. The van der Waals surface area contributed by atoms with Crippen LogP contribution in [0.1, 0.15) is 5.56 Å². The van der Waals surface area contributed by atoms with Gasteiger partial charge in [-0.2, -0.15) is 0 Å². The molecule has 1 rings (SSSR count). The molecule has 0 amide bonds. The van der Waals surface area contributed by atoms with E-state index < -0.39 is 9.71 Å². The maximum Gasteiger partial charge on any atom is 0.0539 e. The summed E-state index contributed by atoms with van der Waals surface area (Å²) in [5, 5.41) is 0. The third kappa shape index (κ3) is 3.50. The molecule has 0 saturated carbocycles. The highest BCUT2D eigenvalue weighted by Gasteiger charge is 2.01. The molecule has 1 N–H and O–H groups in total. The van der Waals surface area contributed by atoms with Crippen molar-refractivity contribution in [3.05, 3.63) is 34.3 Å². The van der Waals surface area contributed by atoms with Gasteiger partial charge in [0.15, 0.2) is 0 Å². The summed E-state index contributed by atoms with van der Waals surface area (Å²) in [7, 11) is -0.490. The lowest BCUT2D eigenvalue weighted by Crippen LogP contribution is -2.20. The number of rotatable bonds is 3. The van der Waals surface area contributed by atoms with Crippen LogP contribution in [0.3, 0.4) is 0 Å². The van der Waals surface area contributed by atoms with Gasteiger partial charge < -0.3 is 0 Å². The highest BCUT2D eigenvalue weighted by molar-refractivity contribution is 9.10. The van der Waals surface area contributed by atoms with E-state index >= 15 is 0 Å². The zero-order valence-electron chi connectivity index (χ0n) is 7.42. The number of hydrogen-bond acceptors (Lipinski definition) is 1. The Bertz CT molecular complexity index is 369. The molecule has 0 aromatic heterocycles. The maximum absolute atomic E-state index is 11.6. The molecule has 1 aromatic carbocycles. The lowest BCUT2D eigenvalue weighted by atomic mass is 10.2. The number of nitrogens with one attached hydrogen (secondary N) is 1. The van der Waals surface area contributed by atoms with Crippen molar-refractivity contribution in [3.63, 3.8) is 0 Å². The van der Waals surface area contributed by atoms with Crippen LogP contribution in [0.4, 0.5) is 0 Å². The Hall–Kier alpha value is -0.320. The van der Waals surface area contributed by atoms with Gasteiger partial charge in [0.2, 0.25) is 0 Å². The van der Waals surface area contributed by atoms with E-state index in [9.17, 15) is 4.21 Å². The fourth-order valence-electron chi connectivity index (χ4n) is 0.922. The molecule has 4 heteroatoms. The quantitative estimate of drug-likeness (QED) is 0.827. The van der Waals surface area contributed by atoms with Crippen molar-refractivity contribution in [2.75, 3.05) is 7.05 Å². The summed E-state index contributed by atoms with van der Waals surface area (Å²) in [6, 6.07) is 7.74. The predicted octanol–water partition coefficient (Wildman–Crippen LogP) is 1.80. The Kier molecular flexibility index (Phi) is 3.53. The molecule has 0 aliphatic carbocycles. The predicted molar refractivity (Wildman–Crippen MR) is 62.2 cm³/mol. The lowest BCUT2D eigenvalue weighted by Gasteiger charge is -2.06. The van der Waals surface area contributed by atoms with E-state index in [1.165, 1.54) is 0 Å². The molecule has 1 atom stereocenters. The monoisotopic (exact) mass is 261 g/mol. The Morgan fingerprint density at radius 1 is 1.46 bits per heavy atom. The molecule has 0 spiro atoms. The summed E-state index contributed by atoms with van der Waals surface area (Å²) in [5.41, 5.74) is 1.03. The van der Waals surface area contributed by atoms with Crippen molar-refractivity contribution in [1.82, 2.24) is 4.72 Å². The molecule has 0 fully saturated rings. The molecule has 1 unspecified atom stereocenters. The summed E-state index contributed by atoms with van der Waals surface area (Å²) >= 11 is 3.34. The van der Waals surface area contributed by atoms with Crippen molar-refractivity contribution in [1.29, 1.82) is 0 Å². The SMILES string of the molecule is C=S(=O)(Cc1ccc(Br)cc1)NC. The molecule has 1 aromatic rings. The van der Waals surface area contributed by atoms with Gasteiger partial charge in [-0.05, 0) is 30.6 Å². The number of benzene rings is 1. The van der Waals surface area contributed by atoms with Gasteiger partial charge in [-0.3, -0.25) is 4.21 Å². The van der Waals surface area contributed by atoms with Crippen LogP contribution in [-0.2, 0) is 15.5 Å². The lowest BCUT2D eigenvalue weighted by molar-refractivity contribution is 0.675. The summed E-state index contributed by atoms with van der Waals surface area (Å²) in [4.78, 5) is 0. The zero-order valence-corrected chi connectivity index (χ0v) is 9.82. The molecule has 0 bridgehead atoms. The molecule has 0 saturated heterocycles. The van der Waals surface area contributed by atoms with Crippen LogP contribution >= 0.6 is 15.9 Å². The van der Waals surface area contributed by atoms with E-state index in [1.807, 2.05) is 24.3 Å². The molecule has 72 valence electrons. The first-order chi connectivity index (χ1) is 6.03. The first kappa shape index (κ1) is 10.8. The van der Waals surface area contributed by atoms with Gasteiger partial charge in [-0.15, -0.1) is 0 Å². The second-order valence-electron chi connectivity index (χ2n) is 2.79. The van der Waals surface area contributed by atoms with E-state index in [0.717, 1.165) is 10.0 Å². The van der Waals surface area contributed by atoms with Crippen LogP contribution < -0.4 is 4.72 Å². The van der Waals surface area contributed by atoms with Crippen LogP contribution in [0.15, 0.2) is 28.7 Å². The number of hydrogen-bond donors (Lipinski definition) is 1. The molecular weight excluding hydrogens is 250 g/mol. The Labute approximate surface area is 87.6 Å². The molecule has 0 radical (unpaired) electrons. The van der Waals surface area contributed by atoms with Crippen molar-refractivity contribution >= 4 is 31.5 Å². The van der Waals surface area contributed by atoms with Crippen molar-refractivity contribution in [3.8, 4) is 0 Å². The van der Waals surface area contributed by atoms with Gasteiger partial charge in [-0.25, -0.2) is 4.72 Å². The zero-order chi connectivity index (χ0) is 9.90. The van der Waals surface area contributed by atoms with Crippen LogP contribution in [-0.4, -0.2) is 17.1 Å². The van der Waals surface area contributed by atoms with Crippen LogP contribution in [0, 0.1) is 0 Å². The summed E-state index contributed by atoms with van der Waals surface area (Å²) < 4.78 is 15.3. The third-order valence-corrected chi connectivity index (χ3v) is 3.76. The third-order valence-electron chi connectivity index (χ3n) is 1.69. The molecular formula is C9H12BrNOS. The fourth-order valence-corrected chi connectivity index (χ4v) is 2.06. The number of halogens is 1. The minimum absolute atomic E-state index is 0.469. The molecule has 13 heavy (non-hydrogen) atoms.